The van der Waals surface area contributed by atoms with Crippen LogP contribution in [0.5, 0.6) is 0 Å². The van der Waals surface area contributed by atoms with Crippen LogP contribution >= 0.6 is 0 Å². The lowest BCUT2D eigenvalue weighted by Gasteiger charge is -2.22. The first-order valence-corrected chi connectivity index (χ1v) is 7.33. The fourth-order valence-electron chi connectivity index (χ4n) is 2.34. The van der Waals surface area contributed by atoms with Crippen molar-refractivity contribution in [2.24, 2.45) is 0 Å². The van der Waals surface area contributed by atoms with Crippen LogP contribution in [0.25, 0.3) is 0 Å². The fourth-order valence-corrected chi connectivity index (χ4v) is 2.34. The Bertz CT molecular complexity index is 454. The SMILES string of the molecule is CNc1nc(N(C)C)nc(N2CCCN(CCO)CC2)n1. The molecule has 0 aromatic carbocycles. The zero-order chi connectivity index (χ0) is 15.2. The van der Waals surface area contributed by atoms with Crippen LogP contribution < -0.4 is 15.1 Å². The van der Waals surface area contributed by atoms with Gasteiger partial charge in [-0.3, -0.25) is 4.90 Å². The Labute approximate surface area is 125 Å². The molecule has 1 aliphatic rings. The molecule has 1 aromatic heterocycles. The highest BCUT2D eigenvalue weighted by Gasteiger charge is 2.18. The Morgan fingerprint density at radius 2 is 1.95 bits per heavy atom. The van der Waals surface area contributed by atoms with Crippen molar-refractivity contribution in [2.45, 2.75) is 6.42 Å². The van der Waals surface area contributed by atoms with Crippen LogP contribution in [0.4, 0.5) is 17.8 Å². The quantitative estimate of drug-likeness (QED) is 0.751. The zero-order valence-electron chi connectivity index (χ0n) is 13.1. The summed E-state index contributed by atoms with van der Waals surface area (Å²) in [5.41, 5.74) is 0. The lowest BCUT2D eigenvalue weighted by atomic mass is 10.4. The van der Waals surface area contributed by atoms with Crippen LogP contribution in [0, 0.1) is 0 Å². The number of rotatable bonds is 5. The van der Waals surface area contributed by atoms with Gasteiger partial charge in [-0.05, 0) is 13.0 Å². The molecule has 1 saturated heterocycles. The summed E-state index contributed by atoms with van der Waals surface area (Å²) in [5.74, 6) is 1.95. The third kappa shape index (κ3) is 4.15. The number of nitrogens with one attached hydrogen (secondary N) is 1. The van der Waals surface area contributed by atoms with Gasteiger partial charge < -0.3 is 20.2 Å². The summed E-state index contributed by atoms with van der Waals surface area (Å²) in [6.07, 6.45) is 1.04. The van der Waals surface area contributed by atoms with Crippen molar-refractivity contribution < 1.29 is 5.11 Å². The van der Waals surface area contributed by atoms with Crippen LogP contribution in [-0.2, 0) is 0 Å². The van der Waals surface area contributed by atoms with Gasteiger partial charge in [0.05, 0.1) is 6.61 Å². The number of anilines is 3. The Morgan fingerprint density at radius 3 is 2.62 bits per heavy atom. The van der Waals surface area contributed by atoms with Gasteiger partial charge in [0.25, 0.3) is 0 Å². The van der Waals surface area contributed by atoms with Crippen molar-refractivity contribution in [1.82, 2.24) is 19.9 Å². The van der Waals surface area contributed by atoms with Gasteiger partial charge in [-0.1, -0.05) is 0 Å². The van der Waals surface area contributed by atoms with Crippen molar-refractivity contribution in [3.05, 3.63) is 0 Å². The number of hydrogen-bond donors (Lipinski definition) is 2. The largest absolute Gasteiger partial charge is 0.395 e. The maximum absolute atomic E-state index is 9.06. The van der Waals surface area contributed by atoms with Gasteiger partial charge in [-0.2, -0.15) is 15.0 Å². The molecule has 0 radical (unpaired) electrons. The summed E-state index contributed by atoms with van der Waals surface area (Å²) < 4.78 is 0. The lowest BCUT2D eigenvalue weighted by Crippen LogP contribution is -2.33. The van der Waals surface area contributed by atoms with Crippen molar-refractivity contribution in [1.29, 1.82) is 0 Å². The number of aromatic nitrogens is 3. The van der Waals surface area contributed by atoms with E-state index in [0.717, 1.165) is 39.1 Å². The first kappa shape index (κ1) is 15.7. The van der Waals surface area contributed by atoms with Gasteiger partial charge in [0.1, 0.15) is 0 Å². The highest BCUT2D eigenvalue weighted by molar-refractivity contribution is 5.44. The van der Waals surface area contributed by atoms with Gasteiger partial charge in [0, 0.05) is 47.3 Å². The number of nitrogens with zero attached hydrogens (tertiary/aromatic N) is 6. The molecule has 0 amide bonds. The summed E-state index contributed by atoms with van der Waals surface area (Å²) in [5, 5.41) is 12.0. The van der Waals surface area contributed by atoms with E-state index in [9.17, 15) is 0 Å². The van der Waals surface area contributed by atoms with Gasteiger partial charge in [0.2, 0.25) is 17.8 Å². The van der Waals surface area contributed by atoms with E-state index < -0.39 is 0 Å². The molecule has 0 saturated carbocycles. The van der Waals surface area contributed by atoms with Gasteiger partial charge in [-0.15, -0.1) is 0 Å². The molecule has 0 unspecified atom stereocenters. The van der Waals surface area contributed by atoms with E-state index >= 15 is 0 Å². The fraction of sp³-hybridized carbons (Fsp3) is 0.769. The Balaban J connectivity index is 2.15. The molecule has 2 N–H and O–H groups in total. The molecule has 8 heteroatoms. The normalized spacial score (nSPS) is 16.7. The van der Waals surface area contributed by atoms with E-state index in [1.54, 1.807) is 0 Å². The first-order valence-electron chi connectivity index (χ1n) is 7.33. The second-order valence-electron chi connectivity index (χ2n) is 5.31. The Morgan fingerprint density at radius 1 is 1.14 bits per heavy atom. The summed E-state index contributed by atoms with van der Waals surface area (Å²) in [6, 6.07) is 0. The minimum Gasteiger partial charge on any atom is -0.395 e. The zero-order valence-corrected chi connectivity index (χ0v) is 13.1. The van der Waals surface area contributed by atoms with Crippen molar-refractivity contribution >= 4 is 17.8 Å². The van der Waals surface area contributed by atoms with Crippen LogP contribution in [0.3, 0.4) is 0 Å². The highest BCUT2D eigenvalue weighted by Crippen LogP contribution is 2.16. The summed E-state index contributed by atoms with van der Waals surface area (Å²) in [6.45, 7) is 4.64. The van der Waals surface area contributed by atoms with Crippen molar-refractivity contribution in [3.63, 3.8) is 0 Å². The van der Waals surface area contributed by atoms with Crippen molar-refractivity contribution in [2.75, 3.05) is 75.6 Å². The number of aliphatic hydroxyl groups excluding tert-OH is 1. The number of aliphatic hydroxyl groups is 1. The predicted octanol–water partition coefficient (Wildman–Crippen LogP) is -0.516. The standard InChI is InChI=1S/C13H25N7O/c1-14-11-15-12(18(2)3)17-13(16-11)20-6-4-5-19(7-8-20)9-10-21/h21H,4-10H2,1-3H3,(H,14,15,16,17). The van der Waals surface area contributed by atoms with Gasteiger partial charge in [0.15, 0.2) is 0 Å². The molecule has 1 aromatic rings. The molecular formula is C13H25N7O. The van der Waals surface area contributed by atoms with E-state index in [1.807, 2.05) is 26.0 Å². The predicted molar refractivity (Wildman–Crippen MR) is 84.1 cm³/mol. The molecule has 8 nitrogen and oxygen atoms in total. The minimum absolute atomic E-state index is 0.209. The minimum atomic E-state index is 0.209. The van der Waals surface area contributed by atoms with E-state index in [1.165, 1.54) is 0 Å². The maximum Gasteiger partial charge on any atom is 0.232 e. The summed E-state index contributed by atoms with van der Waals surface area (Å²) >= 11 is 0. The van der Waals surface area contributed by atoms with Gasteiger partial charge in [-0.25, -0.2) is 0 Å². The molecule has 1 fully saturated rings. The molecule has 21 heavy (non-hydrogen) atoms. The van der Waals surface area contributed by atoms with Crippen LogP contribution in [0.15, 0.2) is 0 Å². The second-order valence-corrected chi connectivity index (χ2v) is 5.31. The van der Waals surface area contributed by atoms with Gasteiger partial charge >= 0.3 is 0 Å². The molecule has 0 spiro atoms. The third-order valence-corrected chi connectivity index (χ3v) is 3.52. The smallest absolute Gasteiger partial charge is 0.232 e. The molecule has 0 aliphatic carbocycles. The summed E-state index contributed by atoms with van der Waals surface area (Å²) in [4.78, 5) is 19.7. The highest BCUT2D eigenvalue weighted by atomic mass is 16.3. The van der Waals surface area contributed by atoms with E-state index in [-0.39, 0.29) is 6.61 Å². The van der Waals surface area contributed by atoms with E-state index in [4.69, 9.17) is 5.11 Å². The third-order valence-electron chi connectivity index (χ3n) is 3.52. The van der Waals surface area contributed by atoms with Crippen LogP contribution in [0.1, 0.15) is 6.42 Å². The van der Waals surface area contributed by atoms with E-state index in [0.29, 0.717) is 17.8 Å². The molecule has 2 heterocycles. The number of β-amino-alcohol motifs (C(OH)–C–C–N with tert-alkyl or cyclic N) is 1. The maximum atomic E-state index is 9.06. The Kier molecular flexibility index (Phi) is 5.51. The molecule has 2 rings (SSSR count). The second kappa shape index (κ2) is 7.37. The monoisotopic (exact) mass is 295 g/mol. The van der Waals surface area contributed by atoms with Crippen LogP contribution in [-0.4, -0.2) is 85.4 Å². The number of hydrogen-bond acceptors (Lipinski definition) is 8. The average molecular weight is 295 g/mol. The first-order chi connectivity index (χ1) is 10.1. The molecule has 118 valence electrons. The molecule has 1 aliphatic heterocycles. The lowest BCUT2D eigenvalue weighted by molar-refractivity contribution is 0.204. The summed E-state index contributed by atoms with van der Waals surface area (Å²) in [7, 11) is 5.65. The molecular weight excluding hydrogens is 270 g/mol. The topological polar surface area (TPSA) is 80.7 Å². The Hall–Kier alpha value is -1.67. The van der Waals surface area contributed by atoms with E-state index in [2.05, 4.69) is 30.1 Å². The molecule has 0 atom stereocenters. The molecule has 0 bridgehead atoms. The van der Waals surface area contributed by atoms with Crippen molar-refractivity contribution in [3.8, 4) is 0 Å². The van der Waals surface area contributed by atoms with Crippen LogP contribution in [0.2, 0.25) is 0 Å². The average Bonchev–Trinajstić information content (AvgIpc) is 2.73.